The molecule has 0 bridgehead atoms. The number of hydrogen-bond donors (Lipinski definition) is 1. The Bertz CT molecular complexity index is 859. The van der Waals surface area contributed by atoms with E-state index in [-0.39, 0.29) is 23.5 Å². The Morgan fingerprint density at radius 3 is 2.50 bits per heavy atom. The second kappa shape index (κ2) is 9.17. The summed E-state index contributed by atoms with van der Waals surface area (Å²) < 4.78 is 18.6. The van der Waals surface area contributed by atoms with Crippen LogP contribution >= 0.6 is 0 Å². The average Bonchev–Trinajstić information content (AvgIpc) is 2.73. The lowest BCUT2D eigenvalue weighted by molar-refractivity contribution is -0.130. The Morgan fingerprint density at radius 1 is 1.14 bits per heavy atom. The molecular formula is C22H23FN2O3. The van der Waals surface area contributed by atoms with E-state index in [4.69, 9.17) is 4.74 Å². The number of halogens is 1. The van der Waals surface area contributed by atoms with Crippen molar-refractivity contribution in [2.75, 3.05) is 25.5 Å². The van der Waals surface area contributed by atoms with Crippen LogP contribution < -0.4 is 10.1 Å². The van der Waals surface area contributed by atoms with Gasteiger partial charge in [-0.25, -0.2) is 4.39 Å². The molecule has 1 fully saturated rings. The number of likely N-dealkylation sites (tertiary alicyclic amines) is 1. The van der Waals surface area contributed by atoms with Gasteiger partial charge in [-0.1, -0.05) is 24.3 Å². The molecule has 2 amide bonds. The molecule has 1 aliphatic heterocycles. The Kier molecular flexibility index (Phi) is 6.42. The molecule has 0 unspecified atom stereocenters. The minimum atomic E-state index is -0.470. The van der Waals surface area contributed by atoms with Gasteiger partial charge in [0.25, 0.3) is 0 Å². The molecule has 0 saturated carbocycles. The maximum Gasteiger partial charge on any atom is 0.246 e. The van der Waals surface area contributed by atoms with Gasteiger partial charge in [-0.3, -0.25) is 9.59 Å². The van der Waals surface area contributed by atoms with Crippen molar-refractivity contribution in [3.63, 3.8) is 0 Å². The van der Waals surface area contributed by atoms with Gasteiger partial charge in [-0.05, 0) is 48.7 Å². The fourth-order valence-corrected chi connectivity index (χ4v) is 3.19. The summed E-state index contributed by atoms with van der Waals surface area (Å²) >= 11 is 0. The lowest BCUT2D eigenvalue weighted by atomic mass is 9.95. The monoisotopic (exact) mass is 382 g/mol. The second-order valence-corrected chi connectivity index (χ2v) is 6.68. The number of rotatable bonds is 5. The van der Waals surface area contributed by atoms with E-state index < -0.39 is 5.82 Å². The molecule has 1 heterocycles. The molecule has 0 spiro atoms. The van der Waals surface area contributed by atoms with Crippen LogP contribution in [0.15, 0.2) is 54.6 Å². The van der Waals surface area contributed by atoms with Gasteiger partial charge in [0.2, 0.25) is 11.8 Å². The topological polar surface area (TPSA) is 58.6 Å². The quantitative estimate of drug-likeness (QED) is 0.802. The number of anilines is 1. The lowest BCUT2D eigenvalue weighted by Crippen LogP contribution is -2.40. The third-order valence-corrected chi connectivity index (χ3v) is 4.81. The van der Waals surface area contributed by atoms with Crippen molar-refractivity contribution in [3.05, 3.63) is 66.0 Å². The van der Waals surface area contributed by atoms with Crippen LogP contribution in [0.5, 0.6) is 5.75 Å². The third-order valence-electron chi connectivity index (χ3n) is 4.81. The highest BCUT2D eigenvalue weighted by molar-refractivity contribution is 5.94. The Hall–Kier alpha value is -3.15. The Labute approximate surface area is 163 Å². The molecule has 0 radical (unpaired) electrons. The summed E-state index contributed by atoms with van der Waals surface area (Å²) in [6.45, 7) is 1.04. The molecule has 1 saturated heterocycles. The SMILES string of the molecule is COc1ccc(/C=C/C(=O)N2CCC(C(=O)Nc3ccccc3)CC2)cc1F. The van der Waals surface area contributed by atoms with Crippen LogP contribution in [0.4, 0.5) is 10.1 Å². The summed E-state index contributed by atoms with van der Waals surface area (Å²) in [5.41, 5.74) is 1.37. The highest BCUT2D eigenvalue weighted by Crippen LogP contribution is 2.21. The molecule has 0 aliphatic carbocycles. The summed E-state index contributed by atoms with van der Waals surface area (Å²) in [4.78, 5) is 26.4. The van der Waals surface area contributed by atoms with E-state index in [0.717, 1.165) is 5.69 Å². The van der Waals surface area contributed by atoms with Crippen molar-refractivity contribution in [1.82, 2.24) is 4.90 Å². The smallest absolute Gasteiger partial charge is 0.246 e. The van der Waals surface area contributed by atoms with Crippen LogP contribution in [0.1, 0.15) is 18.4 Å². The first-order valence-corrected chi connectivity index (χ1v) is 9.23. The van der Waals surface area contributed by atoms with Crippen LogP contribution in [0, 0.1) is 11.7 Å². The molecule has 2 aromatic carbocycles. The van der Waals surface area contributed by atoms with Crippen molar-refractivity contribution in [1.29, 1.82) is 0 Å². The molecule has 28 heavy (non-hydrogen) atoms. The highest BCUT2D eigenvalue weighted by atomic mass is 19.1. The first kappa shape index (κ1) is 19.6. The van der Waals surface area contributed by atoms with Crippen molar-refractivity contribution < 1.29 is 18.7 Å². The third kappa shape index (κ3) is 4.97. The maximum atomic E-state index is 13.7. The van der Waals surface area contributed by atoms with E-state index in [0.29, 0.717) is 31.5 Å². The number of nitrogens with one attached hydrogen (secondary N) is 1. The van der Waals surface area contributed by atoms with Crippen molar-refractivity contribution in [2.45, 2.75) is 12.8 Å². The molecule has 2 aromatic rings. The van der Waals surface area contributed by atoms with Gasteiger partial charge in [0, 0.05) is 30.8 Å². The molecule has 1 N–H and O–H groups in total. The summed E-state index contributed by atoms with van der Waals surface area (Å²) in [6.07, 6.45) is 4.26. The van der Waals surface area contributed by atoms with Crippen LogP contribution in [0.2, 0.25) is 0 Å². The number of piperidine rings is 1. The van der Waals surface area contributed by atoms with Gasteiger partial charge in [0.15, 0.2) is 11.6 Å². The zero-order valence-electron chi connectivity index (χ0n) is 15.7. The maximum absolute atomic E-state index is 13.7. The lowest BCUT2D eigenvalue weighted by Gasteiger charge is -2.30. The molecule has 0 aromatic heterocycles. The van der Waals surface area contributed by atoms with Gasteiger partial charge >= 0.3 is 0 Å². The predicted octanol–water partition coefficient (Wildman–Crippen LogP) is 3.72. The van der Waals surface area contributed by atoms with Gasteiger partial charge in [-0.2, -0.15) is 0 Å². The largest absolute Gasteiger partial charge is 0.494 e. The first-order chi connectivity index (χ1) is 13.6. The number of carbonyl (C=O) groups is 2. The van der Waals surface area contributed by atoms with Gasteiger partial charge in [0.05, 0.1) is 7.11 Å². The number of para-hydroxylation sites is 1. The van der Waals surface area contributed by atoms with E-state index in [1.165, 1.54) is 25.3 Å². The van der Waals surface area contributed by atoms with E-state index in [2.05, 4.69) is 5.32 Å². The van der Waals surface area contributed by atoms with Gasteiger partial charge in [0.1, 0.15) is 0 Å². The number of amides is 2. The van der Waals surface area contributed by atoms with Crippen LogP contribution in [0.3, 0.4) is 0 Å². The fourth-order valence-electron chi connectivity index (χ4n) is 3.19. The van der Waals surface area contributed by atoms with Gasteiger partial charge < -0.3 is 15.0 Å². The minimum Gasteiger partial charge on any atom is -0.494 e. The van der Waals surface area contributed by atoms with E-state index >= 15 is 0 Å². The number of nitrogens with zero attached hydrogens (tertiary/aromatic N) is 1. The molecule has 146 valence electrons. The Balaban J connectivity index is 1.50. The first-order valence-electron chi connectivity index (χ1n) is 9.23. The molecule has 5 nitrogen and oxygen atoms in total. The van der Waals surface area contributed by atoms with Gasteiger partial charge in [-0.15, -0.1) is 0 Å². The number of hydrogen-bond acceptors (Lipinski definition) is 3. The number of ether oxygens (including phenoxy) is 1. The summed E-state index contributed by atoms with van der Waals surface area (Å²) in [5.74, 6) is -0.564. The summed E-state index contributed by atoms with van der Waals surface area (Å²) in [7, 11) is 1.40. The number of carbonyl (C=O) groups excluding carboxylic acids is 2. The van der Waals surface area contributed by atoms with E-state index in [1.807, 2.05) is 30.3 Å². The molecule has 0 atom stereocenters. The van der Waals surface area contributed by atoms with Crippen molar-refractivity contribution >= 4 is 23.6 Å². The Morgan fingerprint density at radius 2 is 1.86 bits per heavy atom. The highest BCUT2D eigenvalue weighted by Gasteiger charge is 2.26. The molecule has 6 heteroatoms. The van der Waals surface area contributed by atoms with Crippen LogP contribution in [-0.2, 0) is 9.59 Å². The zero-order valence-corrected chi connectivity index (χ0v) is 15.7. The van der Waals surface area contributed by atoms with E-state index in [1.54, 1.807) is 17.0 Å². The normalized spacial score (nSPS) is 14.9. The average molecular weight is 382 g/mol. The zero-order chi connectivity index (χ0) is 19.9. The molecule has 3 rings (SSSR count). The predicted molar refractivity (Wildman–Crippen MR) is 106 cm³/mol. The summed E-state index contributed by atoms with van der Waals surface area (Å²) in [5, 5.41) is 2.91. The number of methoxy groups -OCH3 is 1. The standard InChI is InChI=1S/C22H23FN2O3/c1-28-20-9-7-16(15-19(20)23)8-10-21(26)25-13-11-17(12-14-25)22(27)24-18-5-3-2-4-6-18/h2-10,15,17H,11-14H2,1H3,(H,24,27)/b10-8+. The van der Waals surface area contributed by atoms with Crippen molar-refractivity contribution in [3.8, 4) is 5.75 Å². The fraction of sp³-hybridized carbons (Fsp3) is 0.273. The summed E-state index contributed by atoms with van der Waals surface area (Å²) in [6, 6.07) is 13.9. The second-order valence-electron chi connectivity index (χ2n) is 6.68. The minimum absolute atomic E-state index is 0.0115. The van der Waals surface area contributed by atoms with Crippen molar-refractivity contribution in [2.24, 2.45) is 5.92 Å². The van der Waals surface area contributed by atoms with Crippen LogP contribution in [0.25, 0.3) is 6.08 Å². The van der Waals surface area contributed by atoms with E-state index in [9.17, 15) is 14.0 Å². The van der Waals surface area contributed by atoms with Crippen LogP contribution in [-0.4, -0.2) is 36.9 Å². The molecular weight excluding hydrogens is 359 g/mol. The number of benzene rings is 2. The molecule has 1 aliphatic rings.